The first kappa shape index (κ1) is 18.5. The molecule has 1 N–H and O–H groups in total. The van der Waals surface area contributed by atoms with Crippen LogP contribution in [0.2, 0.25) is 0 Å². The predicted octanol–water partition coefficient (Wildman–Crippen LogP) is 4.35. The number of amides is 1. The normalized spacial score (nSPS) is 10.5. The molecule has 0 aliphatic heterocycles. The summed E-state index contributed by atoms with van der Waals surface area (Å²) in [7, 11) is 0. The molecule has 0 bridgehead atoms. The van der Waals surface area contributed by atoms with E-state index in [1.54, 1.807) is 24.3 Å². The van der Waals surface area contributed by atoms with Crippen molar-refractivity contribution in [2.24, 2.45) is 0 Å². The molecule has 0 saturated carbocycles. The predicted molar refractivity (Wildman–Crippen MR) is 104 cm³/mol. The molecule has 138 valence electrons. The van der Waals surface area contributed by atoms with Crippen LogP contribution < -0.4 is 10.1 Å². The Morgan fingerprint density at radius 3 is 2.44 bits per heavy atom. The van der Waals surface area contributed by atoms with Crippen LogP contribution in [0.4, 0.5) is 5.69 Å². The van der Waals surface area contributed by atoms with E-state index in [1.807, 2.05) is 45.0 Å². The van der Waals surface area contributed by atoms with E-state index in [-0.39, 0.29) is 11.9 Å². The molecule has 6 heteroatoms. The zero-order valence-electron chi connectivity index (χ0n) is 15.7. The molecule has 0 spiro atoms. The van der Waals surface area contributed by atoms with Crippen LogP contribution in [0, 0.1) is 6.92 Å². The molecule has 1 aromatic heterocycles. The van der Waals surface area contributed by atoms with E-state index < -0.39 is 0 Å². The highest BCUT2D eigenvalue weighted by molar-refractivity contribution is 6.04. The number of carbonyl (C=O) groups is 1. The van der Waals surface area contributed by atoms with Crippen molar-refractivity contribution in [1.82, 2.24) is 15.2 Å². The molecule has 0 aliphatic rings. The largest absolute Gasteiger partial charge is 0.423 e. The molecule has 0 unspecified atom stereocenters. The van der Waals surface area contributed by atoms with Gasteiger partial charge in [0, 0.05) is 11.3 Å². The van der Waals surface area contributed by atoms with Gasteiger partial charge >= 0.3 is 6.01 Å². The Morgan fingerprint density at radius 2 is 1.74 bits per heavy atom. The Kier molecular flexibility index (Phi) is 5.76. The minimum absolute atomic E-state index is 0.181. The molecule has 0 aliphatic carbocycles. The van der Waals surface area contributed by atoms with E-state index in [9.17, 15) is 4.79 Å². The zero-order chi connectivity index (χ0) is 19.2. The highest BCUT2D eigenvalue weighted by atomic mass is 16.5. The van der Waals surface area contributed by atoms with Crippen LogP contribution in [0.5, 0.6) is 11.8 Å². The summed E-state index contributed by atoms with van der Waals surface area (Å²) in [5, 5.41) is 11.1. The Hall–Kier alpha value is -3.28. The Bertz CT molecular complexity index is 939. The van der Waals surface area contributed by atoms with Gasteiger partial charge in [0.15, 0.2) is 0 Å². The van der Waals surface area contributed by atoms with Crippen molar-refractivity contribution in [3.05, 3.63) is 71.0 Å². The number of rotatable bonds is 6. The molecule has 6 nitrogen and oxygen atoms in total. The number of hydrogen-bond acceptors (Lipinski definition) is 5. The highest BCUT2D eigenvalue weighted by Crippen LogP contribution is 2.20. The van der Waals surface area contributed by atoms with Crippen LogP contribution >= 0.6 is 0 Å². The van der Waals surface area contributed by atoms with Crippen molar-refractivity contribution in [3.63, 3.8) is 0 Å². The summed E-state index contributed by atoms with van der Waals surface area (Å²) in [5.74, 6) is 0.276. The van der Waals surface area contributed by atoms with E-state index in [0.29, 0.717) is 11.3 Å². The summed E-state index contributed by atoms with van der Waals surface area (Å²) in [6.07, 6.45) is 1.53. The summed E-state index contributed by atoms with van der Waals surface area (Å²) in [6, 6.07) is 14.7. The van der Waals surface area contributed by atoms with Crippen molar-refractivity contribution in [2.75, 3.05) is 5.32 Å². The fourth-order valence-corrected chi connectivity index (χ4v) is 2.61. The molecule has 1 heterocycles. The topological polar surface area (TPSA) is 77.0 Å². The van der Waals surface area contributed by atoms with Crippen molar-refractivity contribution in [2.45, 2.75) is 33.6 Å². The monoisotopic (exact) mass is 362 g/mol. The average Bonchev–Trinajstić information content (AvgIpc) is 2.69. The van der Waals surface area contributed by atoms with Crippen molar-refractivity contribution in [3.8, 4) is 11.8 Å². The maximum absolute atomic E-state index is 12.5. The maximum Gasteiger partial charge on any atom is 0.341 e. The molecule has 2 aromatic carbocycles. The highest BCUT2D eigenvalue weighted by Gasteiger charge is 2.11. The first-order valence-corrected chi connectivity index (χ1v) is 8.97. The summed E-state index contributed by atoms with van der Waals surface area (Å²) in [5.41, 5.74) is 4.11. The van der Waals surface area contributed by atoms with Gasteiger partial charge in [0.25, 0.3) is 5.91 Å². The molecule has 0 radical (unpaired) electrons. The van der Waals surface area contributed by atoms with Gasteiger partial charge in [-0.05, 0) is 50.1 Å². The number of anilines is 1. The first-order valence-electron chi connectivity index (χ1n) is 8.97. The first-order chi connectivity index (χ1) is 13.1. The van der Waals surface area contributed by atoms with Gasteiger partial charge in [-0.1, -0.05) is 42.7 Å². The van der Waals surface area contributed by atoms with E-state index in [0.717, 1.165) is 35.5 Å². The molecular formula is C21H22N4O2. The van der Waals surface area contributed by atoms with Crippen molar-refractivity contribution in [1.29, 1.82) is 0 Å². The minimum atomic E-state index is -0.209. The molecule has 0 saturated heterocycles. The van der Waals surface area contributed by atoms with Crippen LogP contribution in [0.15, 0.2) is 48.5 Å². The van der Waals surface area contributed by atoms with Crippen LogP contribution in [0.3, 0.4) is 0 Å². The van der Waals surface area contributed by atoms with E-state index in [2.05, 4.69) is 20.5 Å². The third-order valence-electron chi connectivity index (χ3n) is 4.10. The summed E-state index contributed by atoms with van der Waals surface area (Å²) in [6.45, 7) is 6.03. The number of nitrogens with one attached hydrogen (secondary N) is 1. The Morgan fingerprint density at radius 1 is 1.00 bits per heavy atom. The number of aromatic nitrogens is 3. The maximum atomic E-state index is 12.5. The van der Waals surface area contributed by atoms with Crippen LogP contribution in [0.1, 0.15) is 41.2 Å². The van der Waals surface area contributed by atoms with Gasteiger partial charge in [0.1, 0.15) is 5.75 Å². The number of ether oxygens (including phenoxy) is 1. The fraction of sp³-hybridized carbons (Fsp3) is 0.238. The molecule has 27 heavy (non-hydrogen) atoms. The Balaban J connectivity index is 1.75. The van der Waals surface area contributed by atoms with E-state index in [4.69, 9.17) is 4.74 Å². The standard InChI is InChI=1S/C21H22N4O2/c1-4-18-19(5-2)24-25-21(23-18)27-17-8-6-7-15(13-17)20(26)22-16-11-9-14(3)10-12-16/h6-13H,4-5H2,1-3H3,(H,22,26). The number of carbonyl (C=O) groups excluding carboxylic acids is 1. The van der Waals surface area contributed by atoms with Gasteiger partial charge in [-0.2, -0.15) is 4.98 Å². The second kappa shape index (κ2) is 8.40. The lowest BCUT2D eigenvalue weighted by Gasteiger charge is -2.09. The average molecular weight is 362 g/mol. The van der Waals surface area contributed by atoms with Gasteiger partial charge in [-0.3, -0.25) is 4.79 Å². The smallest absolute Gasteiger partial charge is 0.341 e. The third kappa shape index (κ3) is 4.67. The van der Waals surface area contributed by atoms with Crippen LogP contribution in [-0.2, 0) is 12.8 Å². The lowest BCUT2D eigenvalue weighted by Crippen LogP contribution is -2.12. The quantitative estimate of drug-likeness (QED) is 0.705. The van der Waals surface area contributed by atoms with Gasteiger partial charge in [0.2, 0.25) is 0 Å². The minimum Gasteiger partial charge on any atom is -0.423 e. The lowest BCUT2D eigenvalue weighted by molar-refractivity contribution is 0.102. The molecule has 0 fully saturated rings. The molecule has 3 aromatic rings. The molecule has 0 atom stereocenters. The van der Waals surface area contributed by atoms with Crippen molar-refractivity contribution < 1.29 is 9.53 Å². The van der Waals surface area contributed by atoms with Gasteiger partial charge in [-0.25, -0.2) is 0 Å². The lowest BCUT2D eigenvalue weighted by atomic mass is 10.2. The number of aryl methyl sites for hydroxylation is 3. The van der Waals surface area contributed by atoms with Crippen LogP contribution in [0.25, 0.3) is 0 Å². The molecular weight excluding hydrogens is 340 g/mol. The fourth-order valence-electron chi connectivity index (χ4n) is 2.61. The second-order valence-corrected chi connectivity index (χ2v) is 6.14. The van der Waals surface area contributed by atoms with E-state index >= 15 is 0 Å². The van der Waals surface area contributed by atoms with Crippen molar-refractivity contribution >= 4 is 11.6 Å². The van der Waals surface area contributed by atoms with E-state index in [1.165, 1.54) is 0 Å². The Labute approximate surface area is 158 Å². The molecule has 1 amide bonds. The number of benzene rings is 2. The van der Waals surface area contributed by atoms with Gasteiger partial charge in [-0.15, -0.1) is 5.10 Å². The summed E-state index contributed by atoms with van der Waals surface area (Å²) >= 11 is 0. The zero-order valence-corrected chi connectivity index (χ0v) is 15.7. The SMILES string of the molecule is CCc1nnc(Oc2cccc(C(=O)Nc3ccc(C)cc3)c2)nc1CC. The summed E-state index contributed by atoms with van der Waals surface area (Å²) < 4.78 is 5.71. The summed E-state index contributed by atoms with van der Waals surface area (Å²) in [4.78, 5) is 16.9. The number of hydrogen-bond donors (Lipinski definition) is 1. The van der Waals surface area contributed by atoms with Crippen LogP contribution in [-0.4, -0.2) is 21.1 Å². The number of nitrogens with zero attached hydrogens (tertiary/aromatic N) is 3. The third-order valence-corrected chi connectivity index (χ3v) is 4.10. The molecule has 3 rings (SSSR count). The van der Waals surface area contributed by atoms with Gasteiger partial charge < -0.3 is 10.1 Å². The second-order valence-electron chi connectivity index (χ2n) is 6.14. The van der Waals surface area contributed by atoms with Gasteiger partial charge in [0.05, 0.1) is 11.4 Å².